The number of nitrogens with one attached hydrogen (secondary N) is 1. The van der Waals surface area contributed by atoms with Crippen molar-refractivity contribution in [2.45, 2.75) is 6.10 Å². The van der Waals surface area contributed by atoms with Crippen LogP contribution >= 0.6 is 0 Å². The van der Waals surface area contributed by atoms with Gasteiger partial charge in [-0.3, -0.25) is 4.84 Å². The minimum absolute atomic E-state index is 0.153. The topological polar surface area (TPSA) is 48.3 Å². The van der Waals surface area contributed by atoms with Crippen LogP contribution in [0, 0.1) is 0 Å². The molecule has 0 saturated carbocycles. The zero-order valence-corrected chi connectivity index (χ0v) is 12.3. The van der Waals surface area contributed by atoms with Crippen LogP contribution in [-0.2, 0) is 4.84 Å². The van der Waals surface area contributed by atoms with E-state index in [1.165, 1.54) is 0 Å². The van der Waals surface area contributed by atoms with Crippen molar-refractivity contribution in [2.24, 2.45) is 0 Å². The second kappa shape index (κ2) is 5.98. The van der Waals surface area contributed by atoms with Crippen LogP contribution in [0.5, 0.6) is 11.5 Å². The summed E-state index contributed by atoms with van der Waals surface area (Å²) < 4.78 is 7.52. The quantitative estimate of drug-likeness (QED) is 0.797. The minimum Gasteiger partial charge on any atom is -0.457 e. The highest BCUT2D eigenvalue weighted by molar-refractivity contribution is 5.46. The molecule has 4 rings (SSSR count). The number of para-hydroxylation sites is 1. The van der Waals surface area contributed by atoms with Gasteiger partial charge in [0.15, 0.2) is 0 Å². The summed E-state index contributed by atoms with van der Waals surface area (Å²) in [6.07, 6.45) is 5.42. The van der Waals surface area contributed by atoms with Crippen LogP contribution in [0.2, 0.25) is 0 Å². The van der Waals surface area contributed by atoms with Gasteiger partial charge in [-0.05, 0) is 42.0 Å². The fraction of sp³-hybridized carbons (Fsp3) is 0.0556. The van der Waals surface area contributed by atoms with Crippen LogP contribution in [-0.4, -0.2) is 9.78 Å². The second-order valence-electron chi connectivity index (χ2n) is 5.13. The molecule has 1 N–H and O–H groups in total. The van der Waals surface area contributed by atoms with Gasteiger partial charge < -0.3 is 4.74 Å². The van der Waals surface area contributed by atoms with E-state index in [4.69, 9.17) is 9.57 Å². The number of hydrogen-bond acceptors (Lipinski definition) is 4. The molecule has 5 heteroatoms. The van der Waals surface area contributed by atoms with Gasteiger partial charge in [0.1, 0.15) is 23.4 Å². The molecule has 2 heterocycles. The number of hydrogen-bond donors (Lipinski definition) is 1. The lowest BCUT2D eigenvalue weighted by Gasteiger charge is -2.09. The summed E-state index contributed by atoms with van der Waals surface area (Å²) in [4.78, 5) is 5.59. The third-order valence-corrected chi connectivity index (χ3v) is 3.54. The van der Waals surface area contributed by atoms with Crippen LogP contribution < -0.4 is 10.2 Å². The smallest absolute Gasteiger partial charge is 0.150 e. The first-order chi connectivity index (χ1) is 11.4. The maximum absolute atomic E-state index is 5.79. The molecule has 2 aromatic carbocycles. The van der Waals surface area contributed by atoms with Gasteiger partial charge >= 0.3 is 0 Å². The van der Waals surface area contributed by atoms with Crippen molar-refractivity contribution in [3.8, 4) is 11.5 Å². The lowest BCUT2D eigenvalue weighted by Crippen LogP contribution is -2.12. The van der Waals surface area contributed by atoms with Gasteiger partial charge in [-0.15, -0.1) is 0 Å². The molecule has 0 amide bonds. The molecule has 1 aliphatic heterocycles. The van der Waals surface area contributed by atoms with E-state index in [9.17, 15) is 0 Å². The Morgan fingerprint density at radius 2 is 1.74 bits per heavy atom. The Morgan fingerprint density at radius 3 is 2.48 bits per heavy atom. The van der Waals surface area contributed by atoms with Gasteiger partial charge in [-0.1, -0.05) is 30.3 Å². The summed E-state index contributed by atoms with van der Waals surface area (Å²) in [6.45, 7) is 0. The summed E-state index contributed by atoms with van der Waals surface area (Å²) in [5.41, 5.74) is 3.93. The third-order valence-electron chi connectivity index (χ3n) is 3.54. The van der Waals surface area contributed by atoms with E-state index in [-0.39, 0.29) is 6.10 Å². The zero-order chi connectivity index (χ0) is 15.5. The normalized spacial score (nSPS) is 16.7. The molecule has 5 nitrogen and oxygen atoms in total. The maximum atomic E-state index is 5.79. The average molecular weight is 305 g/mol. The van der Waals surface area contributed by atoms with E-state index in [0.717, 1.165) is 22.9 Å². The molecule has 1 aromatic heterocycles. The van der Waals surface area contributed by atoms with Gasteiger partial charge in [0.25, 0.3) is 0 Å². The lowest BCUT2D eigenvalue weighted by atomic mass is 10.1. The Bertz CT molecular complexity index is 796. The molecule has 1 atom stereocenters. The maximum Gasteiger partial charge on any atom is 0.150 e. The van der Waals surface area contributed by atoms with Crippen LogP contribution in [0.4, 0.5) is 0 Å². The molecule has 0 saturated heterocycles. The number of nitrogens with zero attached hydrogens (tertiary/aromatic N) is 2. The molecule has 3 aromatic rings. The zero-order valence-electron chi connectivity index (χ0n) is 12.3. The van der Waals surface area contributed by atoms with Gasteiger partial charge in [0.05, 0.1) is 0 Å². The van der Waals surface area contributed by atoms with Gasteiger partial charge in [-0.25, -0.2) is 10.2 Å². The van der Waals surface area contributed by atoms with E-state index in [0.29, 0.717) is 0 Å². The average Bonchev–Trinajstić information content (AvgIpc) is 3.28. The highest BCUT2D eigenvalue weighted by atomic mass is 16.7. The number of ether oxygens (including phenoxy) is 1. The number of hydroxylamine groups is 1. The van der Waals surface area contributed by atoms with Crippen molar-refractivity contribution in [3.05, 3.63) is 84.7 Å². The van der Waals surface area contributed by atoms with Gasteiger partial charge in [0.2, 0.25) is 0 Å². The van der Waals surface area contributed by atoms with E-state index >= 15 is 0 Å². The number of aromatic nitrogens is 2. The SMILES string of the molecule is C1=C(n2cccn2)NOC1c1ccc(Oc2ccccc2)cc1. The molecule has 0 fully saturated rings. The fourth-order valence-electron chi connectivity index (χ4n) is 2.38. The molecule has 0 aliphatic carbocycles. The molecule has 1 aliphatic rings. The van der Waals surface area contributed by atoms with E-state index < -0.39 is 0 Å². The molecule has 1 unspecified atom stereocenters. The molecule has 0 spiro atoms. The Balaban J connectivity index is 1.48. The van der Waals surface area contributed by atoms with Crippen molar-refractivity contribution in [3.63, 3.8) is 0 Å². The van der Waals surface area contributed by atoms with Crippen molar-refractivity contribution in [1.82, 2.24) is 15.3 Å². The highest BCUT2D eigenvalue weighted by Crippen LogP contribution is 2.28. The Hall–Kier alpha value is -3.05. The predicted molar refractivity (Wildman–Crippen MR) is 86.4 cm³/mol. The summed E-state index contributed by atoms with van der Waals surface area (Å²) in [6, 6.07) is 19.4. The Kier molecular flexibility index (Phi) is 3.54. The number of benzene rings is 2. The fourth-order valence-corrected chi connectivity index (χ4v) is 2.38. The molecule has 0 radical (unpaired) electrons. The molecular formula is C18H15N3O2. The Morgan fingerprint density at radius 1 is 0.957 bits per heavy atom. The van der Waals surface area contributed by atoms with Crippen molar-refractivity contribution in [1.29, 1.82) is 0 Å². The van der Waals surface area contributed by atoms with Crippen LogP contribution in [0.15, 0.2) is 79.1 Å². The number of rotatable bonds is 4. The monoisotopic (exact) mass is 305 g/mol. The van der Waals surface area contributed by atoms with E-state index in [2.05, 4.69) is 10.6 Å². The Labute approximate surface area is 133 Å². The summed E-state index contributed by atoms with van der Waals surface area (Å²) >= 11 is 0. The van der Waals surface area contributed by atoms with Crippen molar-refractivity contribution >= 4 is 5.82 Å². The lowest BCUT2D eigenvalue weighted by molar-refractivity contribution is 0.0486. The summed E-state index contributed by atoms with van der Waals surface area (Å²) in [7, 11) is 0. The van der Waals surface area contributed by atoms with Crippen LogP contribution in [0.1, 0.15) is 11.7 Å². The molecular weight excluding hydrogens is 290 g/mol. The molecule has 23 heavy (non-hydrogen) atoms. The minimum atomic E-state index is -0.153. The first kappa shape index (κ1) is 13.6. The summed E-state index contributed by atoms with van der Waals surface area (Å²) in [5.74, 6) is 2.42. The first-order valence-corrected chi connectivity index (χ1v) is 7.35. The van der Waals surface area contributed by atoms with Crippen molar-refractivity contribution < 1.29 is 9.57 Å². The second-order valence-corrected chi connectivity index (χ2v) is 5.13. The largest absolute Gasteiger partial charge is 0.457 e. The van der Waals surface area contributed by atoms with E-state index in [1.54, 1.807) is 10.9 Å². The molecule has 114 valence electrons. The standard InChI is InChI=1S/C18H15N3O2/c1-2-5-15(6-3-1)22-16-9-7-14(8-10-16)17-13-18(20-23-17)21-12-4-11-19-21/h1-13,17,20H. The first-order valence-electron chi connectivity index (χ1n) is 7.35. The summed E-state index contributed by atoms with van der Waals surface area (Å²) in [5, 5.41) is 4.17. The highest BCUT2D eigenvalue weighted by Gasteiger charge is 2.19. The van der Waals surface area contributed by atoms with E-state index in [1.807, 2.05) is 72.9 Å². The van der Waals surface area contributed by atoms with Crippen LogP contribution in [0.3, 0.4) is 0 Å². The van der Waals surface area contributed by atoms with Crippen molar-refractivity contribution in [2.75, 3.05) is 0 Å². The molecule has 0 bridgehead atoms. The third kappa shape index (κ3) is 2.95. The van der Waals surface area contributed by atoms with Crippen LogP contribution in [0.25, 0.3) is 5.82 Å². The van der Waals surface area contributed by atoms with Gasteiger partial charge in [-0.2, -0.15) is 5.10 Å². The van der Waals surface area contributed by atoms with Gasteiger partial charge in [0, 0.05) is 12.4 Å². The predicted octanol–water partition coefficient (Wildman–Crippen LogP) is 3.75.